The molecule has 0 spiro atoms. The maximum atomic E-state index is 12.8. The van der Waals surface area contributed by atoms with E-state index in [0.717, 1.165) is 25.0 Å². The Morgan fingerprint density at radius 1 is 1.10 bits per heavy atom. The summed E-state index contributed by atoms with van der Waals surface area (Å²) in [4.78, 5) is 11.5. The van der Waals surface area contributed by atoms with Crippen molar-refractivity contribution in [2.75, 3.05) is 6.54 Å². The lowest BCUT2D eigenvalue weighted by molar-refractivity contribution is -0.143. The van der Waals surface area contributed by atoms with Crippen molar-refractivity contribution in [2.24, 2.45) is 5.92 Å². The molecule has 30 heavy (non-hydrogen) atoms. The fraction of sp³-hybridized carbons (Fsp3) is 0.500. The Kier molecular flexibility index (Phi) is 11.9. The SMILES string of the molecule is C#C.C=CC.O=C1C[C@@H](CCCc2cc(C(F)(F)F)cc(C(F)(F)F)c2)CCCN1. The van der Waals surface area contributed by atoms with E-state index in [2.05, 4.69) is 24.7 Å². The van der Waals surface area contributed by atoms with Gasteiger partial charge in [-0.3, -0.25) is 4.79 Å². The van der Waals surface area contributed by atoms with Crippen LogP contribution in [0, 0.1) is 18.8 Å². The molecule has 1 N–H and O–H groups in total. The second-order valence-corrected chi connectivity index (χ2v) is 6.78. The molecule has 1 aliphatic rings. The van der Waals surface area contributed by atoms with Crippen LogP contribution in [-0.2, 0) is 23.6 Å². The van der Waals surface area contributed by atoms with Crippen LogP contribution in [0.15, 0.2) is 30.9 Å². The van der Waals surface area contributed by atoms with Crippen LogP contribution in [-0.4, -0.2) is 12.5 Å². The zero-order valence-electron chi connectivity index (χ0n) is 16.9. The van der Waals surface area contributed by atoms with E-state index in [-0.39, 0.29) is 29.9 Å². The molecule has 168 valence electrons. The third-order valence-electron chi connectivity index (χ3n) is 4.31. The third-order valence-corrected chi connectivity index (χ3v) is 4.31. The van der Waals surface area contributed by atoms with Gasteiger partial charge < -0.3 is 5.32 Å². The van der Waals surface area contributed by atoms with Crippen LogP contribution in [0.2, 0.25) is 0 Å². The quantitative estimate of drug-likeness (QED) is 0.331. The average molecular weight is 435 g/mol. The molecule has 2 rings (SSSR count). The minimum absolute atomic E-state index is 0.0141. The molecular weight excluding hydrogens is 408 g/mol. The summed E-state index contributed by atoms with van der Waals surface area (Å²) < 4.78 is 77.0. The standard InChI is InChI=1S/C17H19F6NO.C3H6.C2H2/c18-16(19,20)13-7-12(8-14(10-13)17(21,22)23)4-1-3-11-5-2-6-24-15(25)9-11;1-3-2;1-2/h7-8,10-11H,1-6,9H2,(H,24,25);3H,1H2,2H3;1-2H/t11-;;/m0../s1. The van der Waals surface area contributed by atoms with Crippen LogP contribution in [0.1, 0.15) is 55.7 Å². The normalized spacial score (nSPS) is 16.7. The van der Waals surface area contributed by atoms with E-state index >= 15 is 0 Å². The van der Waals surface area contributed by atoms with Crippen LogP contribution >= 0.6 is 0 Å². The van der Waals surface area contributed by atoms with Gasteiger partial charge in [-0.15, -0.1) is 19.4 Å². The van der Waals surface area contributed by atoms with Gasteiger partial charge in [-0.2, -0.15) is 26.3 Å². The number of carbonyl (C=O) groups excluding carboxylic acids is 1. The smallest absolute Gasteiger partial charge is 0.356 e. The van der Waals surface area contributed by atoms with E-state index < -0.39 is 23.5 Å². The highest BCUT2D eigenvalue weighted by Gasteiger charge is 2.36. The lowest BCUT2D eigenvalue weighted by Gasteiger charge is -2.15. The number of allylic oxidation sites excluding steroid dienone is 1. The van der Waals surface area contributed by atoms with Gasteiger partial charge in [0.1, 0.15) is 0 Å². The molecule has 1 amide bonds. The van der Waals surface area contributed by atoms with Crippen LogP contribution in [0.5, 0.6) is 0 Å². The van der Waals surface area contributed by atoms with Crippen molar-refractivity contribution in [3.05, 3.63) is 47.5 Å². The van der Waals surface area contributed by atoms with Gasteiger partial charge in [-0.1, -0.05) is 6.08 Å². The van der Waals surface area contributed by atoms with Crippen molar-refractivity contribution in [1.29, 1.82) is 0 Å². The minimum atomic E-state index is -4.82. The van der Waals surface area contributed by atoms with E-state index in [1.54, 1.807) is 6.08 Å². The number of rotatable bonds is 4. The van der Waals surface area contributed by atoms with E-state index in [0.29, 0.717) is 25.8 Å². The van der Waals surface area contributed by atoms with E-state index in [1.165, 1.54) is 0 Å². The number of amides is 1. The molecule has 1 aromatic rings. The number of nitrogens with one attached hydrogen (secondary N) is 1. The van der Waals surface area contributed by atoms with Crippen LogP contribution in [0.4, 0.5) is 26.3 Å². The van der Waals surface area contributed by atoms with E-state index in [9.17, 15) is 31.1 Å². The van der Waals surface area contributed by atoms with Crippen molar-refractivity contribution in [2.45, 2.75) is 57.8 Å². The van der Waals surface area contributed by atoms with Gasteiger partial charge in [0.25, 0.3) is 0 Å². The summed E-state index contributed by atoms with van der Waals surface area (Å²) in [6.07, 6.45) is 3.28. The van der Waals surface area contributed by atoms with Crippen molar-refractivity contribution < 1.29 is 31.1 Å². The molecule has 1 aliphatic heterocycles. The number of carbonyl (C=O) groups is 1. The number of terminal acetylenes is 1. The van der Waals surface area contributed by atoms with Crippen LogP contribution < -0.4 is 5.32 Å². The Morgan fingerprint density at radius 2 is 1.60 bits per heavy atom. The molecule has 1 aromatic carbocycles. The summed E-state index contributed by atoms with van der Waals surface area (Å²) in [6.45, 7) is 5.86. The number of alkyl halides is 6. The molecule has 0 saturated carbocycles. The molecule has 0 aromatic heterocycles. The van der Waals surface area contributed by atoms with E-state index in [4.69, 9.17) is 0 Å². The first kappa shape index (κ1) is 27.6. The minimum Gasteiger partial charge on any atom is -0.356 e. The zero-order chi connectivity index (χ0) is 23.4. The Morgan fingerprint density at radius 3 is 2.07 bits per heavy atom. The first-order valence-electron chi connectivity index (χ1n) is 9.42. The first-order chi connectivity index (χ1) is 14.0. The predicted octanol–water partition coefficient (Wildman–Crippen LogP) is 6.40. The second kappa shape index (κ2) is 13.0. The second-order valence-electron chi connectivity index (χ2n) is 6.78. The van der Waals surface area contributed by atoms with Crippen molar-refractivity contribution in [3.63, 3.8) is 0 Å². The Labute approximate surface area is 173 Å². The van der Waals surface area contributed by atoms with Gasteiger partial charge in [0.2, 0.25) is 5.91 Å². The van der Waals surface area contributed by atoms with Crippen molar-refractivity contribution in [3.8, 4) is 12.8 Å². The van der Waals surface area contributed by atoms with E-state index in [1.807, 2.05) is 6.92 Å². The number of aryl methyl sites for hydroxylation is 1. The van der Waals surface area contributed by atoms with Crippen molar-refractivity contribution >= 4 is 5.91 Å². The monoisotopic (exact) mass is 435 g/mol. The van der Waals surface area contributed by atoms with Gasteiger partial charge >= 0.3 is 12.4 Å². The molecule has 0 aliphatic carbocycles. The Bertz CT molecular complexity index is 659. The summed E-state index contributed by atoms with van der Waals surface area (Å²) in [6, 6.07) is 1.68. The van der Waals surface area contributed by atoms with Gasteiger partial charge in [-0.05, 0) is 68.7 Å². The van der Waals surface area contributed by atoms with Gasteiger partial charge in [-0.25, -0.2) is 0 Å². The lowest BCUT2D eigenvalue weighted by atomic mass is 9.92. The maximum absolute atomic E-state index is 12.8. The highest BCUT2D eigenvalue weighted by molar-refractivity contribution is 5.76. The fourth-order valence-electron chi connectivity index (χ4n) is 3.06. The fourth-order valence-corrected chi connectivity index (χ4v) is 3.06. The molecular formula is C22H27F6NO. The highest BCUT2D eigenvalue weighted by atomic mass is 19.4. The number of halogens is 6. The molecule has 1 heterocycles. The average Bonchev–Trinajstić information content (AvgIpc) is 2.86. The largest absolute Gasteiger partial charge is 0.416 e. The van der Waals surface area contributed by atoms with Crippen LogP contribution in [0.25, 0.3) is 0 Å². The molecule has 2 nitrogen and oxygen atoms in total. The number of hydrogen-bond donors (Lipinski definition) is 1. The number of hydrogen-bond acceptors (Lipinski definition) is 1. The maximum Gasteiger partial charge on any atom is 0.416 e. The summed E-state index contributed by atoms with van der Waals surface area (Å²) >= 11 is 0. The molecule has 1 saturated heterocycles. The van der Waals surface area contributed by atoms with Crippen molar-refractivity contribution in [1.82, 2.24) is 5.32 Å². The zero-order valence-corrected chi connectivity index (χ0v) is 16.9. The van der Waals surface area contributed by atoms with Crippen LogP contribution in [0.3, 0.4) is 0 Å². The summed E-state index contributed by atoms with van der Waals surface area (Å²) in [5.74, 6) is 0.0660. The summed E-state index contributed by atoms with van der Waals surface area (Å²) in [5, 5.41) is 2.74. The Balaban J connectivity index is 0.00000154. The first-order valence-corrected chi connectivity index (χ1v) is 9.42. The summed E-state index contributed by atoms with van der Waals surface area (Å²) in [5.41, 5.74) is -2.56. The predicted molar refractivity (Wildman–Crippen MR) is 105 cm³/mol. The molecule has 1 atom stereocenters. The topological polar surface area (TPSA) is 29.1 Å². The van der Waals surface area contributed by atoms with Gasteiger partial charge in [0.05, 0.1) is 11.1 Å². The summed E-state index contributed by atoms with van der Waals surface area (Å²) in [7, 11) is 0. The molecule has 0 bridgehead atoms. The highest BCUT2D eigenvalue weighted by Crippen LogP contribution is 2.36. The lowest BCUT2D eigenvalue weighted by Crippen LogP contribution is -2.22. The van der Waals surface area contributed by atoms with Gasteiger partial charge in [0.15, 0.2) is 0 Å². The molecule has 1 fully saturated rings. The third kappa shape index (κ3) is 10.4. The molecule has 0 radical (unpaired) electrons. The molecule has 8 heteroatoms. The molecule has 0 unspecified atom stereocenters. The Hall–Kier alpha value is -2.43. The number of benzene rings is 1. The van der Waals surface area contributed by atoms with Gasteiger partial charge in [0, 0.05) is 13.0 Å².